The van der Waals surface area contributed by atoms with Crippen LogP contribution in [0.25, 0.3) is 10.9 Å². The zero-order valence-electron chi connectivity index (χ0n) is 22.7. The molecule has 7 heteroatoms. The van der Waals surface area contributed by atoms with Crippen LogP contribution in [0.3, 0.4) is 0 Å². The van der Waals surface area contributed by atoms with Gasteiger partial charge in [-0.05, 0) is 72.7 Å². The lowest BCUT2D eigenvalue weighted by molar-refractivity contribution is 0.123. The first-order valence-electron chi connectivity index (χ1n) is 13.5. The average Bonchev–Trinajstić information content (AvgIpc) is 3.56. The standard InChI is InChI=1S/C30H38N6O/c1-19(2)28(29-32-33-34-36(29)25-8-6-7-9-25)35(17-23-14-10-20(3)11-15-23)18-24-16-26-21(4)12-13-22(5)27(26)31-30(24)37/h10-16,19,25,28H,6-9,17-18H2,1-5H3,(H,31,37)/t28-/m0/s1. The fourth-order valence-corrected chi connectivity index (χ4v) is 5.82. The molecule has 2 aromatic carbocycles. The number of aryl methyl sites for hydroxylation is 3. The van der Waals surface area contributed by atoms with Crippen molar-refractivity contribution in [3.8, 4) is 0 Å². The summed E-state index contributed by atoms with van der Waals surface area (Å²) < 4.78 is 2.07. The van der Waals surface area contributed by atoms with Crippen LogP contribution in [0.4, 0.5) is 0 Å². The van der Waals surface area contributed by atoms with E-state index >= 15 is 0 Å². The molecular formula is C30H38N6O. The van der Waals surface area contributed by atoms with Gasteiger partial charge in [-0.3, -0.25) is 9.69 Å². The Bertz CT molecular complexity index is 1430. The lowest BCUT2D eigenvalue weighted by Gasteiger charge is -2.34. The smallest absolute Gasteiger partial charge is 0.252 e. The second-order valence-electron chi connectivity index (χ2n) is 11.1. The molecule has 1 aliphatic rings. The molecular weight excluding hydrogens is 460 g/mol. The molecule has 0 unspecified atom stereocenters. The van der Waals surface area contributed by atoms with Crippen molar-refractivity contribution in [2.45, 2.75) is 85.5 Å². The maximum absolute atomic E-state index is 13.4. The molecule has 1 saturated carbocycles. The van der Waals surface area contributed by atoms with Crippen LogP contribution in [0.2, 0.25) is 0 Å². The van der Waals surface area contributed by atoms with Crippen molar-refractivity contribution in [1.29, 1.82) is 0 Å². The van der Waals surface area contributed by atoms with E-state index in [4.69, 9.17) is 0 Å². The molecule has 0 saturated heterocycles. The van der Waals surface area contributed by atoms with Gasteiger partial charge in [-0.2, -0.15) is 0 Å². The number of aromatic amines is 1. The first kappa shape index (κ1) is 25.3. The van der Waals surface area contributed by atoms with E-state index in [1.54, 1.807) is 0 Å². The number of hydrogen-bond donors (Lipinski definition) is 1. The van der Waals surface area contributed by atoms with Crippen LogP contribution >= 0.6 is 0 Å². The number of H-pyrrole nitrogens is 1. The van der Waals surface area contributed by atoms with Gasteiger partial charge in [0, 0.05) is 24.0 Å². The number of nitrogens with one attached hydrogen (secondary N) is 1. The van der Waals surface area contributed by atoms with Gasteiger partial charge in [-0.25, -0.2) is 4.68 Å². The van der Waals surface area contributed by atoms with Crippen LogP contribution in [0.5, 0.6) is 0 Å². The van der Waals surface area contributed by atoms with E-state index in [0.29, 0.717) is 19.1 Å². The summed E-state index contributed by atoms with van der Waals surface area (Å²) in [7, 11) is 0. The molecule has 4 aromatic rings. The maximum atomic E-state index is 13.4. The number of fused-ring (bicyclic) bond motifs is 1. The van der Waals surface area contributed by atoms with E-state index in [1.165, 1.54) is 24.0 Å². The van der Waals surface area contributed by atoms with Gasteiger partial charge in [0.2, 0.25) is 0 Å². The fraction of sp³-hybridized carbons (Fsp3) is 0.467. The molecule has 0 aliphatic heterocycles. The number of tetrazole rings is 1. The summed E-state index contributed by atoms with van der Waals surface area (Å²) in [6.07, 6.45) is 4.66. The molecule has 7 nitrogen and oxygen atoms in total. The number of aromatic nitrogens is 5. The van der Waals surface area contributed by atoms with Crippen molar-refractivity contribution in [3.05, 3.63) is 86.5 Å². The number of nitrogens with zero attached hydrogens (tertiary/aromatic N) is 5. The topological polar surface area (TPSA) is 79.7 Å². The van der Waals surface area contributed by atoms with Crippen molar-refractivity contribution in [1.82, 2.24) is 30.1 Å². The summed E-state index contributed by atoms with van der Waals surface area (Å²) >= 11 is 0. The van der Waals surface area contributed by atoms with Gasteiger partial charge < -0.3 is 4.98 Å². The molecule has 37 heavy (non-hydrogen) atoms. The third-order valence-electron chi connectivity index (χ3n) is 7.88. The summed E-state index contributed by atoms with van der Waals surface area (Å²) in [5, 5.41) is 14.2. The van der Waals surface area contributed by atoms with Crippen LogP contribution in [0.1, 0.15) is 85.3 Å². The van der Waals surface area contributed by atoms with Crippen LogP contribution in [0, 0.1) is 26.7 Å². The van der Waals surface area contributed by atoms with E-state index in [2.05, 4.69) is 100 Å². The predicted octanol–water partition coefficient (Wildman–Crippen LogP) is 5.95. The Morgan fingerprint density at radius 2 is 1.70 bits per heavy atom. The van der Waals surface area contributed by atoms with Crippen molar-refractivity contribution >= 4 is 10.9 Å². The quantitative estimate of drug-likeness (QED) is 0.324. The molecule has 194 valence electrons. The lowest BCUT2D eigenvalue weighted by atomic mass is 9.98. The second kappa shape index (κ2) is 10.6. The van der Waals surface area contributed by atoms with E-state index in [0.717, 1.165) is 46.3 Å². The van der Waals surface area contributed by atoms with Crippen molar-refractivity contribution in [2.75, 3.05) is 0 Å². The molecule has 1 fully saturated rings. The highest BCUT2D eigenvalue weighted by Crippen LogP contribution is 2.35. The van der Waals surface area contributed by atoms with Crippen LogP contribution < -0.4 is 5.56 Å². The van der Waals surface area contributed by atoms with Gasteiger partial charge in [-0.15, -0.1) is 5.10 Å². The van der Waals surface area contributed by atoms with Crippen molar-refractivity contribution in [3.63, 3.8) is 0 Å². The first-order valence-corrected chi connectivity index (χ1v) is 13.5. The van der Waals surface area contributed by atoms with Crippen LogP contribution in [0.15, 0.2) is 47.3 Å². The first-order chi connectivity index (χ1) is 17.8. The Morgan fingerprint density at radius 1 is 1.00 bits per heavy atom. The van der Waals surface area contributed by atoms with Gasteiger partial charge in [0.15, 0.2) is 5.82 Å². The second-order valence-corrected chi connectivity index (χ2v) is 11.1. The zero-order chi connectivity index (χ0) is 26.1. The van der Waals surface area contributed by atoms with Gasteiger partial charge in [-0.1, -0.05) is 68.7 Å². The molecule has 1 atom stereocenters. The minimum Gasteiger partial charge on any atom is -0.321 e. The Kier molecular flexibility index (Phi) is 7.24. The summed E-state index contributed by atoms with van der Waals surface area (Å²) in [6.45, 7) is 11.9. The molecule has 1 N–H and O–H groups in total. The van der Waals surface area contributed by atoms with E-state index in [1.807, 2.05) is 6.92 Å². The molecule has 0 spiro atoms. The maximum Gasteiger partial charge on any atom is 0.252 e. The minimum atomic E-state index is -0.0365. The number of rotatable bonds is 8. The molecule has 0 radical (unpaired) electrons. The monoisotopic (exact) mass is 498 g/mol. The molecule has 2 heterocycles. The highest BCUT2D eigenvalue weighted by atomic mass is 16.1. The largest absolute Gasteiger partial charge is 0.321 e. The summed E-state index contributed by atoms with van der Waals surface area (Å²) in [5.41, 5.74) is 6.33. The Hall–Kier alpha value is -3.32. The van der Waals surface area contributed by atoms with Crippen LogP contribution in [-0.4, -0.2) is 30.1 Å². The Labute approximate surface area is 218 Å². The predicted molar refractivity (Wildman–Crippen MR) is 147 cm³/mol. The molecule has 5 rings (SSSR count). The Morgan fingerprint density at radius 3 is 2.41 bits per heavy atom. The zero-order valence-corrected chi connectivity index (χ0v) is 22.7. The van der Waals surface area contributed by atoms with E-state index < -0.39 is 0 Å². The van der Waals surface area contributed by atoms with Crippen LogP contribution in [-0.2, 0) is 13.1 Å². The SMILES string of the molecule is Cc1ccc(CN(Cc2cc3c(C)ccc(C)c3[nH]c2=O)[C@H](c2nnnn2C2CCCC2)C(C)C)cc1. The normalized spacial score (nSPS) is 15.3. The van der Waals surface area contributed by atoms with Crippen molar-refractivity contribution in [2.24, 2.45) is 5.92 Å². The summed E-state index contributed by atoms with van der Waals surface area (Å²) in [5.74, 6) is 1.15. The highest BCUT2D eigenvalue weighted by molar-refractivity contribution is 5.85. The van der Waals surface area contributed by atoms with Gasteiger partial charge in [0.1, 0.15) is 0 Å². The number of benzene rings is 2. The fourth-order valence-electron chi connectivity index (χ4n) is 5.82. The van der Waals surface area contributed by atoms with Gasteiger partial charge in [0.25, 0.3) is 5.56 Å². The van der Waals surface area contributed by atoms with Gasteiger partial charge in [0.05, 0.1) is 17.6 Å². The third-order valence-corrected chi connectivity index (χ3v) is 7.88. The van der Waals surface area contributed by atoms with Gasteiger partial charge >= 0.3 is 0 Å². The lowest BCUT2D eigenvalue weighted by Crippen LogP contribution is -2.35. The average molecular weight is 499 g/mol. The molecule has 1 aliphatic carbocycles. The molecule has 0 bridgehead atoms. The number of pyridine rings is 1. The number of hydrogen-bond acceptors (Lipinski definition) is 5. The van der Waals surface area contributed by atoms with E-state index in [-0.39, 0.29) is 17.5 Å². The van der Waals surface area contributed by atoms with Crippen molar-refractivity contribution < 1.29 is 0 Å². The third kappa shape index (κ3) is 5.23. The Balaban J connectivity index is 1.58. The minimum absolute atomic E-state index is 0.0343. The molecule has 2 aromatic heterocycles. The summed E-state index contributed by atoms with van der Waals surface area (Å²) in [6, 6.07) is 15.2. The molecule has 0 amide bonds. The van der Waals surface area contributed by atoms with E-state index in [9.17, 15) is 4.79 Å². The summed E-state index contributed by atoms with van der Waals surface area (Å²) in [4.78, 5) is 18.9. The highest BCUT2D eigenvalue weighted by Gasteiger charge is 2.32.